The monoisotopic (exact) mass is 127 g/mol. The fourth-order valence-corrected chi connectivity index (χ4v) is 0.473. The van der Waals surface area contributed by atoms with Crippen LogP contribution in [0.4, 0.5) is 0 Å². The predicted molar refractivity (Wildman–Crippen MR) is 33.6 cm³/mol. The summed E-state index contributed by atoms with van der Waals surface area (Å²) >= 11 is 0. The van der Waals surface area contributed by atoms with Crippen molar-refractivity contribution < 1.29 is 9.57 Å². The lowest BCUT2D eigenvalue weighted by molar-refractivity contribution is 0.159. The normalized spacial score (nSPS) is 17.2. The van der Waals surface area contributed by atoms with Crippen molar-refractivity contribution in [2.45, 2.75) is 13.8 Å². The lowest BCUT2D eigenvalue weighted by Crippen LogP contribution is -2.05. The first-order chi connectivity index (χ1) is 4.20. The third-order valence-electron chi connectivity index (χ3n) is 0.950. The molecule has 9 heavy (non-hydrogen) atoms. The lowest BCUT2D eigenvalue weighted by Gasteiger charge is -1.98. The van der Waals surface area contributed by atoms with Crippen molar-refractivity contribution in [3.05, 3.63) is 12.5 Å². The van der Waals surface area contributed by atoms with Crippen LogP contribution in [-0.2, 0) is 9.57 Å². The van der Waals surface area contributed by atoms with Gasteiger partial charge in [0.2, 0.25) is 5.90 Å². The van der Waals surface area contributed by atoms with Gasteiger partial charge in [0.15, 0.2) is 0 Å². The minimum atomic E-state index is 0.263. The number of oxime groups is 1. The van der Waals surface area contributed by atoms with Crippen molar-refractivity contribution in [3.63, 3.8) is 0 Å². The van der Waals surface area contributed by atoms with Gasteiger partial charge in [0.05, 0.1) is 0 Å². The molecule has 1 aliphatic heterocycles. The Bertz CT molecular complexity index is 160. The van der Waals surface area contributed by atoms with Crippen molar-refractivity contribution in [1.29, 1.82) is 0 Å². The summed E-state index contributed by atoms with van der Waals surface area (Å²) in [6.07, 6.45) is 0. The molecule has 0 fully saturated rings. The van der Waals surface area contributed by atoms with Crippen molar-refractivity contribution in [1.82, 2.24) is 0 Å². The van der Waals surface area contributed by atoms with Gasteiger partial charge < -0.3 is 9.57 Å². The quantitative estimate of drug-likeness (QED) is 0.534. The molecule has 0 N–H and O–H groups in total. The number of hydrogen-bond donors (Lipinski definition) is 0. The third kappa shape index (κ3) is 1.22. The Morgan fingerprint density at radius 3 is 2.44 bits per heavy atom. The fraction of sp³-hybridized carbons (Fsp3) is 0.500. The molecule has 0 aliphatic carbocycles. The van der Waals surface area contributed by atoms with Crippen LogP contribution in [-0.4, -0.2) is 5.90 Å². The number of rotatable bonds is 1. The second-order valence-corrected chi connectivity index (χ2v) is 2.15. The van der Waals surface area contributed by atoms with Crippen molar-refractivity contribution in [2.75, 3.05) is 0 Å². The van der Waals surface area contributed by atoms with E-state index in [1.54, 1.807) is 0 Å². The third-order valence-corrected chi connectivity index (χ3v) is 0.950. The van der Waals surface area contributed by atoms with Gasteiger partial charge in [0.25, 0.3) is 0 Å². The Hall–Kier alpha value is -0.990. The largest absolute Gasteiger partial charge is 0.407 e. The van der Waals surface area contributed by atoms with Gasteiger partial charge in [-0.15, -0.1) is 0 Å². The maximum absolute atomic E-state index is 4.96. The molecule has 0 aromatic heterocycles. The van der Waals surface area contributed by atoms with Crippen molar-refractivity contribution in [3.8, 4) is 0 Å². The van der Waals surface area contributed by atoms with E-state index in [-0.39, 0.29) is 11.9 Å². The van der Waals surface area contributed by atoms with Gasteiger partial charge in [0, 0.05) is 5.92 Å². The molecule has 0 saturated heterocycles. The lowest BCUT2D eigenvalue weighted by atomic mass is 10.2. The standard InChI is InChI=1S/C6H9NO2/c1-4(2)6-7-9-5(3)8-6/h4H,3H2,1-2H3. The highest BCUT2D eigenvalue weighted by Crippen LogP contribution is 2.12. The van der Waals surface area contributed by atoms with Gasteiger partial charge in [-0.25, -0.2) is 0 Å². The van der Waals surface area contributed by atoms with E-state index >= 15 is 0 Å². The van der Waals surface area contributed by atoms with Crippen LogP contribution in [0, 0.1) is 5.92 Å². The summed E-state index contributed by atoms with van der Waals surface area (Å²) in [5.41, 5.74) is 0. The van der Waals surface area contributed by atoms with Crippen molar-refractivity contribution >= 4 is 5.90 Å². The van der Waals surface area contributed by atoms with Crippen LogP contribution in [0.15, 0.2) is 17.7 Å². The molecule has 3 nitrogen and oxygen atoms in total. The highest BCUT2D eigenvalue weighted by molar-refractivity contribution is 5.79. The predicted octanol–water partition coefficient (Wildman–Crippen LogP) is 1.47. The molecular weight excluding hydrogens is 118 g/mol. The molecule has 1 heterocycles. The molecule has 0 saturated carbocycles. The SMILES string of the molecule is C=C1ON=C(C(C)C)O1. The molecule has 50 valence electrons. The zero-order chi connectivity index (χ0) is 6.85. The maximum atomic E-state index is 4.96. The summed E-state index contributed by atoms with van der Waals surface area (Å²) in [6, 6.07) is 0. The van der Waals surface area contributed by atoms with E-state index in [1.165, 1.54) is 0 Å². The molecule has 0 amide bonds. The second kappa shape index (κ2) is 2.09. The topological polar surface area (TPSA) is 30.8 Å². The highest BCUT2D eigenvalue weighted by Gasteiger charge is 2.16. The minimum Gasteiger partial charge on any atom is -0.407 e. The summed E-state index contributed by atoms with van der Waals surface area (Å²) in [4.78, 5) is 4.60. The molecule has 0 unspecified atom stereocenters. The zero-order valence-corrected chi connectivity index (χ0v) is 5.55. The zero-order valence-electron chi connectivity index (χ0n) is 5.55. The van der Waals surface area contributed by atoms with Gasteiger partial charge in [0.1, 0.15) is 0 Å². The fourth-order valence-electron chi connectivity index (χ4n) is 0.473. The van der Waals surface area contributed by atoms with Crippen LogP contribution in [0.3, 0.4) is 0 Å². The molecule has 0 bridgehead atoms. The molecule has 0 aromatic rings. The molecule has 0 radical (unpaired) electrons. The van der Waals surface area contributed by atoms with E-state index in [2.05, 4.69) is 16.6 Å². The minimum absolute atomic E-state index is 0.263. The smallest absolute Gasteiger partial charge is 0.308 e. The molecule has 0 spiro atoms. The first-order valence-electron chi connectivity index (χ1n) is 2.82. The number of ether oxygens (including phenoxy) is 1. The van der Waals surface area contributed by atoms with Gasteiger partial charge in [-0.3, -0.25) is 0 Å². The molecule has 1 rings (SSSR count). The van der Waals surface area contributed by atoms with Gasteiger partial charge in [-0.05, 0) is 11.7 Å². The van der Waals surface area contributed by atoms with Crippen LogP contribution >= 0.6 is 0 Å². The maximum Gasteiger partial charge on any atom is 0.308 e. The molecule has 0 atom stereocenters. The van der Waals surface area contributed by atoms with Crippen LogP contribution in [0.2, 0.25) is 0 Å². The van der Waals surface area contributed by atoms with Gasteiger partial charge >= 0.3 is 5.95 Å². The Morgan fingerprint density at radius 1 is 1.56 bits per heavy atom. The van der Waals surface area contributed by atoms with Crippen LogP contribution < -0.4 is 0 Å². The number of nitrogens with zero attached hydrogens (tertiary/aromatic N) is 1. The van der Waals surface area contributed by atoms with E-state index in [0.29, 0.717) is 5.90 Å². The Kier molecular flexibility index (Phi) is 1.42. The van der Waals surface area contributed by atoms with E-state index < -0.39 is 0 Å². The van der Waals surface area contributed by atoms with Gasteiger partial charge in [-0.2, -0.15) is 0 Å². The van der Waals surface area contributed by atoms with E-state index in [0.717, 1.165) is 0 Å². The van der Waals surface area contributed by atoms with Crippen LogP contribution in [0.5, 0.6) is 0 Å². The van der Waals surface area contributed by atoms with E-state index in [1.807, 2.05) is 13.8 Å². The average Bonchev–Trinajstić information content (AvgIpc) is 2.14. The Balaban J connectivity index is 2.55. The molecular formula is C6H9NO2. The second-order valence-electron chi connectivity index (χ2n) is 2.15. The van der Waals surface area contributed by atoms with Crippen molar-refractivity contribution in [2.24, 2.45) is 11.1 Å². The molecule has 1 aliphatic rings. The Labute approximate surface area is 53.9 Å². The molecule has 0 aromatic carbocycles. The summed E-state index contributed by atoms with van der Waals surface area (Å²) in [6.45, 7) is 7.37. The summed E-state index contributed by atoms with van der Waals surface area (Å²) in [5, 5.41) is 3.61. The van der Waals surface area contributed by atoms with E-state index in [4.69, 9.17) is 4.74 Å². The first kappa shape index (κ1) is 6.13. The molecule has 3 heteroatoms. The Morgan fingerprint density at radius 2 is 2.22 bits per heavy atom. The van der Waals surface area contributed by atoms with Gasteiger partial charge in [-0.1, -0.05) is 13.8 Å². The summed E-state index contributed by atoms with van der Waals surface area (Å²) in [7, 11) is 0. The summed E-state index contributed by atoms with van der Waals surface area (Å²) in [5.74, 6) is 1.13. The number of hydrogen-bond acceptors (Lipinski definition) is 3. The average molecular weight is 127 g/mol. The summed E-state index contributed by atoms with van der Waals surface area (Å²) < 4.78 is 4.96. The first-order valence-corrected chi connectivity index (χ1v) is 2.82. The van der Waals surface area contributed by atoms with Crippen LogP contribution in [0.25, 0.3) is 0 Å². The van der Waals surface area contributed by atoms with E-state index in [9.17, 15) is 0 Å². The van der Waals surface area contributed by atoms with Crippen LogP contribution in [0.1, 0.15) is 13.8 Å². The highest BCUT2D eigenvalue weighted by atomic mass is 16.8.